The van der Waals surface area contributed by atoms with Crippen LogP contribution >= 0.6 is 0 Å². The van der Waals surface area contributed by atoms with Gasteiger partial charge in [0.2, 0.25) is 0 Å². The molecular weight excluding hydrogens is 212 g/mol. The number of rotatable bonds is 3. The Morgan fingerprint density at radius 2 is 2.18 bits per heavy atom. The van der Waals surface area contributed by atoms with Gasteiger partial charge in [0, 0.05) is 18.2 Å². The number of aryl methyl sites for hydroxylation is 1. The fraction of sp³-hybridized carbons (Fsp3) is 0.267. The lowest BCUT2D eigenvalue weighted by atomic mass is 10.1. The molecule has 0 radical (unpaired) electrons. The molecule has 2 heteroatoms. The molecule has 2 rings (SSSR count). The van der Waals surface area contributed by atoms with Crippen LogP contribution in [-0.2, 0) is 0 Å². The predicted octanol–water partition coefficient (Wildman–Crippen LogP) is 3.73. The summed E-state index contributed by atoms with van der Waals surface area (Å²) in [6, 6.07) is 7.70. The first kappa shape index (κ1) is 11.5. The Morgan fingerprint density at radius 1 is 1.35 bits per heavy atom. The monoisotopic (exact) mass is 226 g/mol. The Morgan fingerprint density at radius 3 is 2.94 bits per heavy atom. The molecular formula is C15H14O2. The summed E-state index contributed by atoms with van der Waals surface area (Å²) in [5.74, 6) is 6.10. The van der Waals surface area contributed by atoms with E-state index in [1.807, 2.05) is 31.2 Å². The zero-order valence-electron chi connectivity index (χ0n) is 10.0. The number of hydrogen-bond acceptors (Lipinski definition) is 2. The minimum absolute atomic E-state index is 0.0154. The third-order valence-corrected chi connectivity index (χ3v) is 2.60. The van der Waals surface area contributed by atoms with Gasteiger partial charge < -0.3 is 4.42 Å². The molecule has 0 unspecified atom stereocenters. The van der Waals surface area contributed by atoms with Crippen molar-refractivity contribution in [3.63, 3.8) is 0 Å². The van der Waals surface area contributed by atoms with Gasteiger partial charge in [-0.25, -0.2) is 0 Å². The molecule has 0 atom stereocenters. The molecule has 1 aromatic heterocycles. The van der Waals surface area contributed by atoms with E-state index in [9.17, 15) is 4.79 Å². The van der Waals surface area contributed by atoms with E-state index in [0.717, 1.165) is 16.5 Å². The highest BCUT2D eigenvalue weighted by atomic mass is 16.3. The minimum atomic E-state index is 0.0154. The van der Waals surface area contributed by atoms with Gasteiger partial charge in [0.25, 0.3) is 0 Å². The number of benzene rings is 1. The van der Waals surface area contributed by atoms with Crippen molar-refractivity contribution in [3.05, 3.63) is 35.6 Å². The van der Waals surface area contributed by atoms with Crippen LogP contribution in [-0.4, -0.2) is 5.78 Å². The predicted molar refractivity (Wildman–Crippen MR) is 68.0 cm³/mol. The standard InChI is InChI=1S/C15H14O2/c1-3-4-5-6-13(16)15-10-12-9-11(2)7-8-14(12)17-15/h7-10H,5-6H2,1-2H3. The van der Waals surface area contributed by atoms with Gasteiger partial charge in [-0.2, -0.15) is 0 Å². The minimum Gasteiger partial charge on any atom is -0.453 e. The molecule has 0 saturated carbocycles. The molecule has 0 saturated heterocycles. The molecule has 0 fully saturated rings. The molecule has 2 nitrogen and oxygen atoms in total. The molecule has 17 heavy (non-hydrogen) atoms. The Labute approximate surface area is 101 Å². The van der Waals surface area contributed by atoms with E-state index in [-0.39, 0.29) is 5.78 Å². The number of carbonyl (C=O) groups excluding carboxylic acids is 1. The van der Waals surface area contributed by atoms with E-state index < -0.39 is 0 Å². The van der Waals surface area contributed by atoms with Crippen molar-refractivity contribution >= 4 is 16.8 Å². The van der Waals surface area contributed by atoms with Gasteiger partial charge in [0.05, 0.1) is 0 Å². The van der Waals surface area contributed by atoms with Crippen LogP contribution in [0.4, 0.5) is 0 Å². The molecule has 0 aliphatic heterocycles. The van der Waals surface area contributed by atoms with Crippen molar-refractivity contribution in [2.75, 3.05) is 0 Å². The summed E-state index contributed by atoms with van der Waals surface area (Å²) in [6.45, 7) is 3.79. The summed E-state index contributed by atoms with van der Waals surface area (Å²) in [7, 11) is 0. The lowest BCUT2D eigenvalue weighted by Crippen LogP contribution is -1.95. The first-order valence-electron chi connectivity index (χ1n) is 5.63. The van der Waals surface area contributed by atoms with E-state index in [0.29, 0.717) is 18.6 Å². The van der Waals surface area contributed by atoms with Gasteiger partial charge in [-0.3, -0.25) is 4.79 Å². The fourth-order valence-corrected chi connectivity index (χ4v) is 1.72. The second-order valence-corrected chi connectivity index (χ2v) is 4.00. The van der Waals surface area contributed by atoms with Crippen LogP contribution in [0.15, 0.2) is 28.7 Å². The Hall–Kier alpha value is -2.01. The first-order chi connectivity index (χ1) is 8.20. The second kappa shape index (κ2) is 4.88. The smallest absolute Gasteiger partial charge is 0.198 e. The number of hydrogen-bond donors (Lipinski definition) is 0. The quantitative estimate of drug-likeness (QED) is 0.589. The molecule has 0 aliphatic rings. The zero-order valence-corrected chi connectivity index (χ0v) is 10.0. The molecule has 1 aromatic carbocycles. The molecule has 0 N–H and O–H groups in total. The fourth-order valence-electron chi connectivity index (χ4n) is 1.72. The maximum absolute atomic E-state index is 11.8. The van der Waals surface area contributed by atoms with Crippen molar-refractivity contribution in [1.82, 2.24) is 0 Å². The number of carbonyl (C=O) groups is 1. The average molecular weight is 226 g/mol. The van der Waals surface area contributed by atoms with Crippen LogP contribution in [0, 0.1) is 18.8 Å². The highest BCUT2D eigenvalue weighted by Gasteiger charge is 2.11. The number of ketones is 1. The van der Waals surface area contributed by atoms with Gasteiger partial charge in [-0.05, 0) is 32.0 Å². The number of Topliss-reactive ketones (excluding diaryl/α,β-unsaturated/α-hetero) is 1. The van der Waals surface area contributed by atoms with Gasteiger partial charge in [-0.1, -0.05) is 11.6 Å². The highest BCUT2D eigenvalue weighted by molar-refractivity contribution is 5.97. The third-order valence-electron chi connectivity index (χ3n) is 2.60. The van der Waals surface area contributed by atoms with Crippen LogP contribution in [0.2, 0.25) is 0 Å². The Bertz CT molecular complexity index is 609. The zero-order chi connectivity index (χ0) is 12.3. The summed E-state index contributed by atoms with van der Waals surface area (Å²) in [4.78, 5) is 11.8. The van der Waals surface area contributed by atoms with Crippen LogP contribution in [0.3, 0.4) is 0 Å². The van der Waals surface area contributed by atoms with Crippen molar-refractivity contribution < 1.29 is 9.21 Å². The van der Waals surface area contributed by atoms with Crippen LogP contribution < -0.4 is 0 Å². The van der Waals surface area contributed by atoms with E-state index in [2.05, 4.69) is 11.8 Å². The molecule has 0 spiro atoms. The van der Waals surface area contributed by atoms with Crippen molar-refractivity contribution in [2.45, 2.75) is 26.7 Å². The van der Waals surface area contributed by atoms with Crippen molar-refractivity contribution in [2.24, 2.45) is 0 Å². The molecule has 86 valence electrons. The lowest BCUT2D eigenvalue weighted by molar-refractivity contribution is 0.0959. The van der Waals surface area contributed by atoms with E-state index in [4.69, 9.17) is 4.42 Å². The lowest BCUT2D eigenvalue weighted by Gasteiger charge is -1.91. The average Bonchev–Trinajstić information content (AvgIpc) is 2.72. The SMILES string of the molecule is CC#CCCC(=O)c1cc2cc(C)ccc2o1. The van der Waals surface area contributed by atoms with Crippen molar-refractivity contribution in [3.8, 4) is 11.8 Å². The summed E-state index contributed by atoms with van der Waals surface area (Å²) in [5.41, 5.74) is 1.93. The van der Waals surface area contributed by atoms with Gasteiger partial charge >= 0.3 is 0 Å². The van der Waals surface area contributed by atoms with Gasteiger partial charge in [-0.15, -0.1) is 11.8 Å². The normalized spacial score (nSPS) is 10.0. The molecule has 1 heterocycles. The summed E-state index contributed by atoms with van der Waals surface area (Å²) < 4.78 is 5.52. The first-order valence-corrected chi connectivity index (χ1v) is 5.63. The van der Waals surface area contributed by atoms with Gasteiger partial charge in [0.1, 0.15) is 5.58 Å². The molecule has 0 amide bonds. The summed E-state index contributed by atoms with van der Waals surface area (Å²) in [6.07, 6.45) is 1.01. The number of fused-ring (bicyclic) bond motifs is 1. The number of furan rings is 1. The maximum atomic E-state index is 11.8. The summed E-state index contributed by atoms with van der Waals surface area (Å²) in [5, 5.41) is 0.981. The topological polar surface area (TPSA) is 30.2 Å². The maximum Gasteiger partial charge on any atom is 0.198 e. The molecule has 0 aliphatic carbocycles. The molecule has 0 bridgehead atoms. The van der Waals surface area contributed by atoms with Crippen LogP contribution in [0.5, 0.6) is 0 Å². The van der Waals surface area contributed by atoms with E-state index in [1.165, 1.54) is 0 Å². The Balaban J connectivity index is 2.23. The van der Waals surface area contributed by atoms with Crippen molar-refractivity contribution in [1.29, 1.82) is 0 Å². The van der Waals surface area contributed by atoms with Crippen LogP contribution in [0.1, 0.15) is 35.9 Å². The van der Waals surface area contributed by atoms with Crippen LogP contribution in [0.25, 0.3) is 11.0 Å². The van der Waals surface area contributed by atoms with Gasteiger partial charge in [0.15, 0.2) is 11.5 Å². The Kier molecular flexibility index (Phi) is 3.30. The highest BCUT2D eigenvalue weighted by Crippen LogP contribution is 2.21. The summed E-state index contributed by atoms with van der Waals surface area (Å²) >= 11 is 0. The largest absolute Gasteiger partial charge is 0.453 e. The van der Waals surface area contributed by atoms with E-state index >= 15 is 0 Å². The van der Waals surface area contributed by atoms with E-state index in [1.54, 1.807) is 6.92 Å². The second-order valence-electron chi connectivity index (χ2n) is 4.00. The molecule has 2 aromatic rings. The third kappa shape index (κ3) is 2.57.